The summed E-state index contributed by atoms with van der Waals surface area (Å²) in [6.45, 7) is 0.415. The number of amides is 2. The maximum atomic E-state index is 11.8. The van der Waals surface area contributed by atoms with Gasteiger partial charge in [0, 0.05) is 24.8 Å². The number of fused-ring (bicyclic) bond motifs is 1. The number of aromatic amines is 1. The van der Waals surface area contributed by atoms with Crippen LogP contribution in [0.25, 0.3) is 10.9 Å². The molecule has 0 saturated carbocycles. The molecule has 0 spiro atoms. The van der Waals surface area contributed by atoms with Crippen molar-refractivity contribution in [2.24, 2.45) is 10.2 Å². The fourth-order valence-corrected chi connectivity index (χ4v) is 2.48. The molecule has 7 heteroatoms. The van der Waals surface area contributed by atoms with E-state index in [0.717, 1.165) is 5.56 Å². The van der Waals surface area contributed by atoms with Gasteiger partial charge < -0.3 is 15.4 Å². The van der Waals surface area contributed by atoms with Gasteiger partial charge in [-0.3, -0.25) is 9.59 Å². The number of azo groups is 1. The van der Waals surface area contributed by atoms with Gasteiger partial charge >= 0.3 is 0 Å². The number of hydrogen-bond acceptors (Lipinski definition) is 4. The molecule has 0 unspecified atom stereocenters. The van der Waals surface area contributed by atoms with Crippen LogP contribution in [-0.4, -0.2) is 21.9 Å². The number of H-pyrrole nitrogens is 1. The Hall–Kier alpha value is -3.48. The van der Waals surface area contributed by atoms with Gasteiger partial charge in [-0.1, -0.05) is 48.5 Å². The van der Waals surface area contributed by atoms with E-state index in [2.05, 4.69) is 20.5 Å². The topological polar surface area (TPSA) is 107 Å². The number of rotatable bonds is 6. The molecule has 0 bridgehead atoms. The molecular weight excluding hydrogens is 332 g/mol. The second-order valence-corrected chi connectivity index (χ2v) is 5.72. The van der Waals surface area contributed by atoms with Gasteiger partial charge in [0.2, 0.25) is 11.8 Å². The Morgan fingerprint density at radius 2 is 1.73 bits per heavy atom. The molecule has 0 aliphatic heterocycles. The number of aromatic nitrogens is 1. The molecule has 0 atom stereocenters. The number of nitrogens with one attached hydrogen (secondary N) is 2. The van der Waals surface area contributed by atoms with Crippen molar-refractivity contribution in [2.75, 3.05) is 0 Å². The zero-order valence-corrected chi connectivity index (χ0v) is 14.0. The van der Waals surface area contributed by atoms with Crippen molar-refractivity contribution in [1.29, 1.82) is 0 Å². The van der Waals surface area contributed by atoms with E-state index in [1.807, 2.05) is 36.4 Å². The Bertz CT molecular complexity index is 948. The lowest BCUT2D eigenvalue weighted by atomic mass is 10.2. The fraction of sp³-hybridized carbons (Fsp3) is 0.158. The molecule has 0 radical (unpaired) electrons. The van der Waals surface area contributed by atoms with Gasteiger partial charge in [-0.15, -0.1) is 10.2 Å². The molecule has 3 rings (SSSR count). The van der Waals surface area contributed by atoms with Crippen molar-refractivity contribution < 1.29 is 14.7 Å². The first-order chi connectivity index (χ1) is 12.6. The predicted molar refractivity (Wildman–Crippen MR) is 97.0 cm³/mol. The summed E-state index contributed by atoms with van der Waals surface area (Å²) in [5.74, 6) is -0.903. The largest absolute Gasteiger partial charge is 0.493 e. The van der Waals surface area contributed by atoms with Gasteiger partial charge in [0.25, 0.3) is 5.91 Å². The summed E-state index contributed by atoms with van der Waals surface area (Å²) in [7, 11) is 0. The standard InChI is InChI=1S/C19H18N4O3/c24-16(20-12-13-6-2-1-3-7-13)10-11-17(25)22-23-18-14-8-4-5-9-15(14)21-19(18)26/h1-9,21,26H,10-12H2,(H,20,24). The number of aromatic hydroxyl groups is 1. The Morgan fingerprint density at radius 1 is 1.00 bits per heavy atom. The molecular formula is C19H18N4O3. The number of carbonyl (C=O) groups is 2. The molecule has 132 valence electrons. The minimum atomic E-state index is -0.524. The zero-order valence-electron chi connectivity index (χ0n) is 14.0. The monoisotopic (exact) mass is 350 g/mol. The van der Waals surface area contributed by atoms with Crippen molar-refractivity contribution in [3.8, 4) is 5.88 Å². The molecule has 26 heavy (non-hydrogen) atoms. The Morgan fingerprint density at radius 3 is 2.54 bits per heavy atom. The molecule has 2 aromatic carbocycles. The molecule has 7 nitrogen and oxygen atoms in total. The highest BCUT2D eigenvalue weighted by molar-refractivity contribution is 5.94. The van der Waals surface area contributed by atoms with E-state index in [4.69, 9.17) is 0 Å². The van der Waals surface area contributed by atoms with Crippen molar-refractivity contribution in [2.45, 2.75) is 19.4 Å². The highest BCUT2D eigenvalue weighted by Gasteiger charge is 2.11. The van der Waals surface area contributed by atoms with E-state index >= 15 is 0 Å². The lowest BCUT2D eigenvalue weighted by Gasteiger charge is -2.03. The molecule has 3 N–H and O–H groups in total. The summed E-state index contributed by atoms with van der Waals surface area (Å²) >= 11 is 0. The van der Waals surface area contributed by atoms with Crippen LogP contribution in [0.2, 0.25) is 0 Å². The van der Waals surface area contributed by atoms with E-state index in [-0.39, 0.29) is 30.3 Å². The van der Waals surface area contributed by atoms with Crippen LogP contribution < -0.4 is 5.32 Å². The van der Waals surface area contributed by atoms with E-state index in [1.165, 1.54) is 0 Å². The third-order valence-corrected chi connectivity index (χ3v) is 3.82. The first kappa shape index (κ1) is 17.3. The van der Waals surface area contributed by atoms with Crippen LogP contribution in [0.15, 0.2) is 64.8 Å². The summed E-state index contributed by atoms with van der Waals surface area (Å²) in [5, 5.41) is 20.7. The summed E-state index contributed by atoms with van der Waals surface area (Å²) in [4.78, 5) is 26.4. The average Bonchev–Trinajstić information content (AvgIpc) is 2.99. The molecule has 1 heterocycles. The Kier molecular flexibility index (Phi) is 5.38. The number of hydrogen-bond donors (Lipinski definition) is 3. The zero-order chi connectivity index (χ0) is 18.4. The van der Waals surface area contributed by atoms with Crippen molar-refractivity contribution in [3.05, 3.63) is 60.2 Å². The van der Waals surface area contributed by atoms with Crippen LogP contribution in [0.5, 0.6) is 5.88 Å². The lowest BCUT2D eigenvalue weighted by Crippen LogP contribution is -2.22. The molecule has 3 aromatic rings. The third kappa shape index (κ3) is 4.32. The molecule has 2 amide bonds. The van der Waals surface area contributed by atoms with E-state index in [1.54, 1.807) is 18.2 Å². The Balaban J connectivity index is 1.51. The van der Waals surface area contributed by atoms with Crippen LogP contribution >= 0.6 is 0 Å². The van der Waals surface area contributed by atoms with Gasteiger partial charge in [-0.2, -0.15) is 0 Å². The minimum absolute atomic E-state index is 0.0323. The molecule has 0 fully saturated rings. The maximum Gasteiger partial charge on any atom is 0.265 e. The smallest absolute Gasteiger partial charge is 0.265 e. The molecule has 1 aromatic heterocycles. The minimum Gasteiger partial charge on any atom is -0.493 e. The molecule has 0 saturated heterocycles. The van der Waals surface area contributed by atoms with Gasteiger partial charge in [0.15, 0.2) is 5.69 Å². The van der Waals surface area contributed by atoms with E-state index < -0.39 is 5.91 Å². The van der Waals surface area contributed by atoms with Crippen LogP contribution in [0.3, 0.4) is 0 Å². The molecule has 0 aliphatic rings. The van der Waals surface area contributed by atoms with Crippen LogP contribution in [0.4, 0.5) is 5.69 Å². The van der Waals surface area contributed by atoms with Crippen LogP contribution in [0, 0.1) is 0 Å². The van der Waals surface area contributed by atoms with Crippen LogP contribution in [-0.2, 0) is 16.1 Å². The highest BCUT2D eigenvalue weighted by atomic mass is 16.3. The second-order valence-electron chi connectivity index (χ2n) is 5.72. The van der Waals surface area contributed by atoms with Crippen molar-refractivity contribution in [3.63, 3.8) is 0 Å². The first-order valence-corrected chi connectivity index (χ1v) is 8.18. The van der Waals surface area contributed by atoms with Gasteiger partial charge in [-0.05, 0) is 11.6 Å². The normalized spacial score (nSPS) is 11.1. The molecule has 0 aliphatic carbocycles. The summed E-state index contributed by atoms with van der Waals surface area (Å²) in [6, 6.07) is 16.7. The van der Waals surface area contributed by atoms with E-state index in [9.17, 15) is 14.7 Å². The number of para-hydroxylation sites is 1. The quantitative estimate of drug-likeness (QED) is 0.591. The van der Waals surface area contributed by atoms with E-state index in [0.29, 0.717) is 17.4 Å². The van der Waals surface area contributed by atoms with Gasteiger partial charge in [-0.25, -0.2) is 0 Å². The third-order valence-electron chi connectivity index (χ3n) is 3.82. The highest BCUT2D eigenvalue weighted by Crippen LogP contribution is 2.35. The van der Waals surface area contributed by atoms with Gasteiger partial charge in [0.1, 0.15) is 0 Å². The van der Waals surface area contributed by atoms with Crippen molar-refractivity contribution >= 4 is 28.4 Å². The summed E-state index contributed by atoms with van der Waals surface area (Å²) in [6.07, 6.45) is -0.0161. The Labute approximate surface area is 149 Å². The number of carbonyl (C=O) groups excluding carboxylic acids is 2. The van der Waals surface area contributed by atoms with Crippen molar-refractivity contribution in [1.82, 2.24) is 10.3 Å². The number of nitrogens with zero attached hydrogens (tertiary/aromatic N) is 2. The first-order valence-electron chi connectivity index (χ1n) is 8.18. The fourth-order valence-electron chi connectivity index (χ4n) is 2.48. The van der Waals surface area contributed by atoms with Crippen LogP contribution in [0.1, 0.15) is 18.4 Å². The maximum absolute atomic E-state index is 11.8. The SMILES string of the molecule is O=C(CCC(=O)NCc1ccccc1)N=Nc1c(O)[nH]c2ccccc12. The summed E-state index contributed by atoms with van der Waals surface area (Å²) < 4.78 is 0. The average molecular weight is 350 g/mol. The lowest BCUT2D eigenvalue weighted by molar-refractivity contribution is -0.125. The second kappa shape index (κ2) is 8.06. The van der Waals surface area contributed by atoms with Gasteiger partial charge in [0.05, 0.1) is 5.52 Å². The summed E-state index contributed by atoms with van der Waals surface area (Å²) in [5.41, 5.74) is 1.90. The predicted octanol–water partition coefficient (Wildman–Crippen LogP) is 3.58. The number of benzene rings is 2.